The van der Waals surface area contributed by atoms with Crippen LogP contribution in [-0.2, 0) is 0 Å². The van der Waals surface area contributed by atoms with Crippen LogP contribution in [0.25, 0.3) is 93.6 Å². The number of rotatable bonds is 7. The maximum atomic E-state index is 6.41. The van der Waals surface area contributed by atoms with E-state index in [9.17, 15) is 0 Å². The van der Waals surface area contributed by atoms with Gasteiger partial charge in [0.15, 0.2) is 0 Å². The Morgan fingerprint density at radius 3 is 1.75 bits per heavy atom. The van der Waals surface area contributed by atoms with Crippen LogP contribution in [0.1, 0.15) is 0 Å². The molecule has 0 unspecified atom stereocenters. The lowest BCUT2D eigenvalue weighted by atomic mass is 9.96. The molecule has 0 radical (unpaired) electrons. The first kappa shape index (κ1) is 34.9. The van der Waals surface area contributed by atoms with Crippen molar-refractivity contribution in [3.05, 3.63) is 231 Å². The summed E-state index contributed by atoms with van der Waals surface area (Å²) in [5.74, 6) is 0. The maximum absolute atomic E-state index is 6.41. The highest BCUT2D eigenvalue weighted by molar-refractivity contribution is 6.14. The fourth-order valence-electron chi connectivity index (χ4n) is 9.34. The van der Waals surface area contributed by atoms with E-state index in [4.69, 9.17) is 4.42 Å². The first-order valence-electron chi connectivity index (χ1n) is 20.8. The summed E-state index contributed by atoms with van der Waals surface area (Å²) in [5, 5.41) is 7.20. The molecule has 0 N–H and O–H groups in total. The van der Waals surface area contributed by atoms with Crippen molar-refractivity contribution in [3.8, 4) is 39.1 Å². The van der Waals surface area contributed by atoms with Crippen LogP contribution in [0.4, 0.5) is 17.1 Å². The van der Waals surface area contributed by atoms with Gasteiger partial charge in [0.25, 0.3) is 0 Å². The Morgan fingerprint density at radius 2 is 0.934 bits per heavy atom. The molecule has 0 atom stereocenters. The smallest absolute Gasteiger partial charge is 0.136 e. The highest BCUT2D eigenvalue weighted by Gasteiger charge is 2.21. The molecule has 0 spiro atoms. The molecule has 0 bridgehead atoms. The van der Waals surface area contributed by atoms with Gasteiger partial charge in [0.2, 0.25) is 0 Å². The van der Waals surface area contributed by atoms with Crippen molar-refractivity contribution in [1.29, 1.82) is 0 Å². The fraction of sp³-hybridized carbons (Fsp3) is 0. The van der Waals surface area contributed by atoms with Crippen molar-refractivity contribution < 1.29 is 4.42 Å². The molecular formula is C58H38N2O. The SMILES string of the molecule is c1cc(-c2ccc(N(c3cccc(-n4c5ccccc5c5ccccc54)c3)c3ccccc3-c3cccc4oc5ccccc5c34)cc2)cc(-c2ccc3ccccc3c2)c1. The summed E-state index contributed by atoms with van der Waals surface area (Å²) in [6.45, 7) is 0. The number of anilines is 3. The standard InChI is InChI=1S/C58H38N2O/c1-2-15-41-37-44(31-30-39(41)14-1)43-17-11-16-42(36-43)40-32-34-45(35-33-40)59(46-18-12-19-47(38-46)60-54-26-8-3-20-48(54)49-21-4-9-27-55(49)60)53-25-7-5-22-50(53)51-24-13-29-57-58(51)52-23-6-10-28-56(52)61-57/h1-38H. The minimum absolute atomic E-state index is 0.878. The molecule has 10 aromatic carbocycles. The number of hydrogen-bond acceptors (Lipinski definition) is 2. The molecular weight excluding hydrogens is 741 g/mol. The number of para-hydroxylation sites is 4. The molecule has 0 fully saturated rings. The van der Waals surface area contributed by atoms with E-state index in [0.717, 1.165) is 61.4 Å². The number of furan rings is 1. The number of nitrogens with zero attached hydrogens (tertiary/aromatic N) is 2. The monoisotopic (exact) mass is 778 g/mol. The highest BCUT2D eigenvalue weighted by Crippen LogP contribution is 2.46. The highest BCUT2D eigenvalue weighted by atomic mass is 16.3. The Labute approximate surface area is 353 Å². The number of fused-ring (bicyclic) bond motifs is 7. The molecule has 286 valence electrons. The van der Waals surface area contributed by atoms with E-state index in [1.807, 2.05) is 6.07 Å². The Kier molecular flexibility index (Phi) is 8.17. The third kappa shape index (κ3) is 5.90. The zero-order valence-corrected chi connectivity index (χ0v) is 33.2. The van der Waals surface area contributed by atoms with Crippen LogP contribution in [0.5, 0.6) is 0 Å². The van der Waals surface area contributed by atoms with Gasteiger partial charge in [-0.15, -0.1) is 0 Å². The molecule has 0 aliphatic heterocycles. The molecule has 0 amide bonds. The van der Waals surface area contributed by atoms with E-state index in [-0.39, 0.29) is 0 Å². The van der Waals surface area contributed by atoms with Gasteiger partial charge in [0.05, 0.1) is 16.7 Å². The van der Waals surface area contributed by atoms with E-state index in [1.54, 1.807) is 0 Å². The number of aromatic nitrogens is 1. The van der Waals surface area contributed by atoms with Gasteiger partial charge < -0.3 is 13.9 Å². The van der Waals surface area contributed by atoms with E-state index >= 15 is 0 Å². The van der Waals surface area contributed by atoms with Crippen LogP contribution >= 0.6 is 0 Å². The van der Waals surface area contributed by atoms with Gasteiger partial charge >= 0.3 is 0 Å². The van der Waals surface area contributed by atoms with Gasteiger partial charge in [-0.2, -0.15) is 0 Å². The number of benzene rings is 10. The van der Waals surface area contributed by atoms with Gasteiger partial charge in [-0.3, -0.25) is 0 Å². The molecule has 3 nitrogen and oxygen atoms in total. The average molecular weight is 779 g/mol. The summed E-state index contributed by atoms with van der Waals surface area (Å²) in [7, 11) is 0. The first-order valence-corrected chi connectivity index (χ1v) is 20.8. The van der Waals surface area contributed by atoms with Crippen molar-refractivity contribution in [1.82, 2.24) is 4.57 Å². The predicted molar refractivity (Wildman–Crippen MR) is 257 cm³/mol. The Morgan fingerprint density at radius 1 is 0.344 bits per heavy atom. The number of hydrogen-bond donors (Lipinski definition) is 0. The lowest BCUT2D eigenvalue weighted by molar-refractivity contribution is 0.669. The molecule has 0 saturated carbocycles. The lowest BCUT2D eigenvalue weighted by Crippen LogP contribution is -2.12. The minimum Gasteiger partial charge on any atom is -0.456 e. The molecule has 12 rings (SSSR count). The third-order valence-corrected chi connectivity index (χ3v) is 12.2. The summed E-state index contributed by atoms with van der Waals surface area (Å²) in [5.41, 5.74) is 15.4. The minimum atomic E-state index is 0.878. The Bertz CT molecular complexity index is 3560. The van der Waals surface area contributed by atoms with E-state index in [1.165, 1.54) is 49.3 Å². The van der Waals surface area contributed by atoms with Crippen LogP contribution in [0.15, 0.2) is 235 Å². The molecule has 2 aromatic heterocycles. The van der Waals surface area contributed by atoms with Crippen LogP contribution < -0.4 is 4.90 Å². The molecule has 0 aliphatic rings. The van der Waals surface area contributed by atoms with E-state index < -0.39 is 0 Å². The maximum Gasteiger partial charge on any atom is 0.136 e. The Balaban J connectivity index is 1.02. The van der Waals surface area contributed by atoms with Crippen molar-refractivity contribution in [2.45, 2.75) is 0 Å². The van der Waals surface area contributed by atoms with E-state index in [2.05, 4.69) is 234 Å². The summed E-state index contributed by atoms with van der Waals surface area (Å²) >= 11 is 0. The quantitative estimate of drug-likeness (QED) is 0.161. The third-order valence-electron chi connectivity index (χ3n) is 12.2. The zero-order chi connectivity index (χ0) is 40.3. The lowest BCUT2D eigenvalue weighted by Gasteiger charge is -2.29. The summed E-state index contributed by atoms with van der Waals surface area (Å²) in [6, 6.07) is 83.0. The van der Waals surface area contributed by atoms with Gasteiger partial charge in [0, 0.05) is 44.2 Å². The molecule has 12 aromatic rings. The van der Waals surface area contributed by atoms with Crippen LogP contribution in [0.3, 0.4) is 0 Å². The van der Waals surface area contributed by atoms with E-state index in [0.29, 0.717) is 0 Å². The van der Waals surface area contributed by atoms with Gasteiger partial charge in [-0.1, -0.05) is 158 Å². The zero-order valence-electron chi connectivity index (χ0n) is 33.2. The van der Waals surface area contributed by atoms with Crippen molar-refractivity contribution >= 4 is 71.6 Å². The van der Waals surface area contributed by atoms with Gasteiger partial charge in [0.1, 0.15) is 11.2 Å². The molecule has 61 heavy (non-hydrogen) atoms. The normalized spacial score (nSPS) is 11.6. The largest absolute Gasteiger partial charge is 0.456 e. The molecule has 0 aliphatic carbocycles. The van der Waals surface area contributed by atoms with Crippen molar-refractivity contribution in [2.75, 3.05) is 4.90 Å². The van der Waals surface area contributed by atoms with Gasteiger partial charge in [-0.25, -0.2) is 0 Å². The Hall–Kier alpha value is -8.14. The molecule has 2 heterocycles. The topological polar surface area (TPSA) is 21.3 Å². The summed E-state index contributed by atoms with van der Waals surface area (Å²) in [6.07, 6.45) is 0. The second-order valence-electron chi connectivity index (χ2n) is 15.7. The molecule has 0 saturated heterocycles. The van der Waals surface area contributed by atoms with Crippen LogP contribution in [0.2, 0.25) is 0 Å². The van der Waals surface area contributed by atoms with Crippen LogP contribution in [0, 0.1) is 0 Å². The second-order valence-corrected chi connectivity index (χ2v) is 15.7. The van der Waals surface area contributed by atoms with Gasteiger partial charge in [-0.05, 0) is 111 Å². The van der Waals surface area contributed by atoms with Crippen LogP contribution in [-0.4, -0.2) is 4.57 Å². The van der Waals surface area contributed by atoms with Crippen molar-refractivity contribution in [2.24, 2.45) is 0 Å². The second kappa shape index (κ2) is 14.3. The first-order chi connectivity index (χ1) is 30.2. The summed E-state index contributed by atoms with van der Waals surface area (Å²) in [4.78, 5) is 2.41. The fourth-order valence-corrected chi connectivity index (χ4v) is 9.34. The van der Waals surface area contributed by atoms with Crippen molar-refractivity contribution in [3.63, 3.8) is 0 Å². The molecule has 3 heteroatoms. The predicted octanol–water partition coefficient (Wildman–Crippen LogP) is 16.3. The average Bonchev–Trinajstić information content (AvgIpc) is 3.88. The summed E-state index contributed by atoms with van der Waals surface area (Å²) < 4.78 is 8.80.